The number of likely N-dealkylation sites (N-methyl/N-ethyl adjacent to an activating group) is 1. The number of rotatable bonds is 4. The Morgan fingerprint density at radius 2 is 2.24 bits per heavy atom. The van der Waals surface area contributed by atoms with E-state index in [1.807, 2.05) is 13.8 Å². The number of amides is 1. The normalized spacial score (nSPS) is 29.4. The third-order valence-corrected chi connectivity index (χ3v) is 3.25. The van der Waals surface area contributed by atoms with Gasteiger partial charge >= 0.3 is 0 Å². The zero-order valence-corrected chi connectivity index (χ0v) is 11.2. The van der Waals surface area contributed by atoms with Crippen molar-refractivity contribution in [1.82, 2.24) is 4.90 Å². The molecular weight excluding hydrogens is 220 g/mol. The lowest BCUT2D eigenvalue weighted by atomic mass is 9.84. The van der Waals surface area contributed by atoms with E-state index in [4.69, 9.17) is 10.5 Å². The molecule has 5 heteroatoms. The first-order valence-electron chi connectivity index (χ1n) is 6.06. The summed E-state index contributed by atoms with van der Waals surface area (Å²) in [4.78, 5) is 14.1. The molecule has 0 aliphatic carbocycles. The highest BCUT2D eigenvalue weighted by atomic mass is 16.5. The molecule has 2 atom stereocenters. The predicted octanol–water partition coefficient (Wildman–Crippen LogP) is -0.0304. The van der Waals surface area contributed by atoms with Crippen molar-refractivity contribution in [3.63, 3.8) is 0 Å². The Bertz CT molecular complexity index is 288. The maximum Gasteiger partial charge on any atom is 0.232 e. The molecule has 0 aromatic heterocycles. The van der Waals surface area contributed by atoms with E-state index >= 15 is 0 Å². The van der Waals surface area contributed by atoms with E-state index in [1.54, 1.807) is 18.7 Å². The average Bonchev–Trinajstić information content (AvgIpc) is 2.55. The van der Waals surface area contributed by atoms with Crippen LogP contribution >= 0.6 is 0 Å². The molecule has 17 heavy (non-hydrogen) atoms. The van der Waals surface area contributed by atoms with Crippen LogP contribution in [0.5, 0.6) is 0 Å². The van der Waals surface area contributed by atoms with Gasteiger partial charge in [0.05, 0.1) is 24.2 Å². The smallest absolute Gasteiger partial charge is 0.232 e. The molecule has 1 aliphatic heterocycles. The molecule has 100 valence electrons. The molecule has 3 N–H and O–H groups in total. The number of hydrogen-bond acceptors (Lipinski definition) is 4. The standard InChI is InChI=1S/C12H24N2O3/c1-5-14(7-11(2,3)16)10(15)12(4)8-17-6-9(12)13/h9,16H,5-8,13H2,1-4H3. The van der Waals surface area contributed by atoms with Gasteiger partial charge in [-0.05, 0) is 27.7 Å². The molecule has 0 aromatic rings. The number of hydrogen-bond donors (Lipinski definition) is 2. The van der Waals surface area contributed by atoms with E-state index in [-0.39, 0.29) is 11.9 Å². The quantitative estimate of drug-likeness (QED) is 0.728. The number of nitrogens with two attached hydrogens (primary N) is 1. The fourth-order valence-corrected chi connectivity index (χ4v) is 2.06. The predicted molar refractivity (Wildman–Crippen MR) is 65.5 cm³/mol. The first-order valence-corrected chi connectivity index (χ1v) is 6.06. The summed E-state index contributed by atoms with van der Waals surface area (Å²) in [5, 5.41) is 9.80. The fraction of sp³-hybridized carbons (Fsp3) is 0.917. The van der Waals surface area contributed by atoms with Crippen LogP contribution in [0.4, 0.5) is 0 Å². The van der Waals surface area contributed by atoms with Crippen LogP contribution in [0.15, 0.2) is 0 Å². The van der Waals surface area contributed by atoms with Gasteiger partial charge in [-0.15, -0.1) is 0 Å². The van der Waals surface area contributed by atoms with Crippen LogP contribution < -0.4 is 5.73 Å². The molecular formula is C12H24N2O3. The molecule has 0 radical (unpaired) electrons. The molecule has 1 fully saturated rings. The highest BCUT2D eigenvalue weighted by Crippen LogP contribution is 2.29. The third-order valence-electron chi connectivity index (χ3n) is 3.25. The molecule has 1 rings (SSSR count). The van der Waals surface area contributed by atoms with Crippen LogP contribution in [0.3, 0.4) is 0 Å². The van der Waals surface area contributed by atoms with Crippen molar-refractivity contribution in [3.05, 3.63) is 0 Å². The number of carbonyl (C=O) groups is 1. The number of ether oxygens (including phenoxy) is 1. The van der Waals surface area contributed by atoms with Gasteiger partial charge in [-0.3, -0.25) is 4.79 Å². The summed E-state index contributed by atoms with van der Waals surface area (Å²) in [6, 6.07) is -0.272. The summed E-state index contributed by atoms with van der Waals surface area (Å²) < 4.78 is 5.28. The Balaban J connectivity index is 2.79. The van der Waals surface area contributed by atoms with Gasteiger partial charge < -0.3 is 20.5 Å². The van der Waals surface area contributed by atoms with Crippen molar-refractivity contribution >= 4 is 5.91 Å². The summed E-state index contributed by atoms with van der Waals surface area (Å²) in [7, 11) is 0. The first kappa shape index (κ1) is 14.4. The van der Waals surface area contributed by atoms with Crippen LogP contribution in [0.1, 0.15) is 27.7 Å². The van der Waals surface area contributed by atoms with Gasteiger partial charge in [0, 0.05) is 19.1 Å². The highest BCUT2D eigenvalue weighted by molar-refractivity contribution is 5.83. The second kappa shape index (κ2) is 4.92. The minimum Gasteiger partial charge on any atom is -0.389 e. The van der Waals surface area contributed by atoms with Gasteiger partial charge in [0.2, 0.25) is 5.91 Å². The van der Waals surface area contributed by atoms with Gasteiger partial charge in [-0.2, -0.15) is 0 Å². The summed E-state index contributed by atoms with van der Waals surface area (Å²) in [5.74, 6) is -0.0351. The Hall–Kier alpha value is -0.650. The lowest BCUT2D eigenvalue weighted by Crippen LogP contribution is -2.54. The molecule has 1 saturated heterocycles. The second-order valence-corrected chi connectivity index (χ2v) is 5.67. The topological polar surface area (TPSA) is 75.8 Å². The highest BCUT2D eigenvalue weighted by Gasteiger charge is 2.46. The van der Waals surface area contributed by atoms with Crippen LogP contribution in [0, 0.1) is 5.41 Å². The summed E-state index contributed by atoms with van der Waals surface area (Å²) in [6.45, 7) is 8.76. The van der Waals surface area contributed by atoms with E-state index < -0.39 is 11.0 Å². The van der Waals surface area contributed by atoms with E-state index in [1.165, 1.54) is 0 Å². The molecule has 0 spiro atoms. The lowest BCUT2D eigenvalue weighted by molar-refractivity contribution is -0.144. The number of carbonyl (C=O) groups excluding carboxylic acids is 1. The zero-order chi connectivity index (χ0) is 13.3. The monoisotopic (exact) mass is 244 g/mol. The minimum absolute atomic E-state index is 0.0351. The lowest BCUT2D eigenvalue weighted by Gasteiger charge is -2.35. The molecule has 1 amide bonds. The van der Waals surface area contributed by atoms with E-state index in [0.717, 1.165) is 0 Å². The molecule has 5 nitrogen and oxygen atoms in total. The van der Waals surface area contributed by atoms with Gasteiger partial charge in [-0.1, -0.05) is 0 Å². The molecule has 1 aliphatic rings. The van der Waals surface area contributed by atoms with E-state index in [2.05, 4.69) is 0 Å². The molecule has 0 bridgehead atoms. The van der Waals surface area contributed by atoms with Crippen LogP contribution in [0.25, 0.3) is 0 Å². The molecule has 2 unspecified atom stereocenters. The minimum atomic E-state index is -0.897. The van der Waals surface area contributed by atoms with Gasteiger partial charge in [0.15, 0.2) is 0 Å². The van der Waals surface area contributed by atoms with Gasteiger partial charge in [0.1, 0.15) is 0 Å². The van der Waals surface area contributed by atoms with Gasteiger partial charge in [0.25, 0.3) is 0 Å². The van der Waals surface area contributed by atoms with Crippen molar-refractivity contribution in [3.8, 4) is 0 Å². The SMILES string of the molecule is CCN(CC(C)(C)O)C(=O)C1(C)COCC1N. The Kier molecular flexibility index (Phi) is 4.17. The maximum absolute atomic E-state index is 12.4. The van der Waals surface area contributed by atoms with Crippen molar-refractivity contribution in [1.29, 1.82) is 0 Å². The van der Waals surface area contributed by atoms with Crippen LogP contribution in [0.2, 0.25) is 0 Å². The summed E-state index contributed by atoms with van der Waals surface area (Å²) in [6.07, 6.45) is 0. The van der Waals surface area contributed by atoms with Gasteiger partial charge in [-0.25, -0.2) is 0 Å². The van der Waals surface area contributed by atoms with Crippen molar-refractivity contribution in [2.24, 2.45) is 11.1 Å². The Labute approximate surface area is 103 Å². The van der Waals surface area contributed by atoms with Crippen LogP contribution in [-0.4, -0.2) is 53.9 Å². The van der Waals surface area contributed by atoms with E-state index in [9.17, 15) is 9.90 Å². The largest absolute Gasteiger partial charge is 0.389 e. The number of aliphatic hydroxyl groups is 1. The Morgan fingerprint density at radius 3 is 2.59 bits per heavy atom. The van der Waals surface area contributed by atoms with Crippen molar-refractivity contribution in [2.45, 2.75) is 39.3 Å². The molecule has 1 heterocycles. The van der Waals surface area contributed by atoms with Crippen molar-refractivity contribution < 1.29 is 14.6 Å². The molecule has 0 aromatic carbocycles. The third kappa shape index (κ3) is 3.18. The summed E-state index contributed by atoms with van der Waals surface area (Å²) in [5.41, 5.74) is 4.37. The maximum atomic E-state index is 12.4. The zero-order valence-electron chi connectivity index (χ0n) is 11.2. The first-order chi connectivity index (χ1) is 7.70. The molecule has 0 saturated carbocycles. The van der Waals surface area contributed by atoms with E-state index in [0.29, 0.717) is 26.3 Å². The Morgan fingerprint density at radius 1 is 1.65 bits per heavy atom. The summed E-state index contributed by atoms with van der Waals surface area (Å²) >= 11 is 0. The van der Waals surface area contributed by atoms with Crippen molar-refractivity contribution in [2.75, 3.05) is 26.3 Å². The number of nitrogens with zero attached hydrogens (tertiary/aromatic N) is 1. The second-order valence-electron chi connectivity index (χ2n) is 5.67. The fourth-order valence-electron chi connectivity index (χ4n) is 2.06. The van der Waals surface area contributed by atoms with Crippen LogP contribution in [-0.2, 0) is 9.53 Å². The average molecular weight is 244 g/mol.